The first kappa shape index (κ1) is 16.2. The van der Waals surface area contributed by atoms with Gasteiger partial charge in [-0.3, -0.25) is 4.79 Å². The Bertz CT molecular complexity index is 417. The van der Waals surface area contributed by atoms with Crippen molar-refractivity contribution in [1.82, 2.24) is 0 Å². The number of carbonyl (C=O) groups excluding carboxylic acids is 1. The molecule has 6 nitrogen and oxygen atoms in total. The maximum atomic E-state index is 11.5. The van der Waals surface area contributed by atoms with Crippen molar-refractivity contribution in [3.8, 4) is 0 Å². The first-order chi connectivity index (χ1) is 9.47. The first-order valence-corrected chi connectivity index (χ1v) is 6.82. The molecule has 1 aliphatic rings. The van der Waals surface area contributed by atoms with Gasteiger partial charge in [0.15, 0.2) is 0 Å². The van der Waals surface area contributed by atoms with Crippen LogP contribution < -0.4 is 0 Å². The van der Waals surface area contributed by atoms with E-state index < -0.39 is 24.3 Å². The van der Waals surface area contributed by atoms with E-state index in [-0.39, 0.29) is 23.7 Å². The zero-order valence-electron chi connectivity index (χ0n) is 11.6. The Morgan fingerprint density at radius 3 is 2.10 bits per heavy atom. The lowest BCUT2D eigenvalue weighted by Crippen LogP contribution is -2.22. The number of carbonyl (C=O) groups is 3. The molecule has 0 aromatic rings. The van der Waals surface area contributed by atoms with Gasteiger partial charge in [0.05, 0.1) is 24.2 Å². The molecule has 0 amide bonds. The van der Waals surface area contributed by atoms with Crippen molar-refractivity contribution in [1.29, 1.82) is 0 Å². The van der Waals surface area contributed by atoms with Crippen molar-refractivity contribution in [2.75, 3.05) is 6.61 Å². The minimum absolute atomic E-state index is 0.134. The average Bonchev–Trinajstić information content (AvgIpc) is 2.39. The Hall–Kier alpha value is -1.85. The van der Waals surface area contributed by atoms with Crippen molar-refractivity contribution >= 4 is 17.9 Å². The molecule has 2 N–H and O–H groups in total. The van der Waals surface area contributed by atoms with Crippen LogP contribution in [-0.4, -0.2) is 34.7 Å². The predicted octanol–water partition coefficient (Wildman–Crippen LogP) is 1.99. The third-order valence-corrected chi connectivity index (χ3v) is 3.45. The van der Waals surface area contributed by atoms with E-state index in [0.29, 0.717) is 12.8 Å². The largest absolute Gasteiger partial charge is 0.478 e. The lowest BCUT2D eigenvalue weighted by Gasteiger charge is -2.23. The summed E-state index contributed by atoms with van der Waals surface area (Å²) < 4.78 is 4.71. The molecule has 20 heavy (non-hydrogen) atoms. The normalized spacial score (nSPS) is 17.2. The molecule has 0 aliphatic heterocycles. The third-order valence-electron chi connectivity index (χ3n) is 3.45. The van der Waals surface area contributed by atoms with E-state index in [0.717, 1.165) is 19.3 Å². The molecule has 1 aliphatic carbocycles. The van der Waals surface area contributed by atoms with Gasteiger partial charge in [-0.15, -0.1) is 0 Å². The third kappa shape index (κ3) is 4.36. The maximum absolute atomic E-state index is 11.5. The molecule has 112 valence electrons. The van der Waals surface area contributed by atoms with Gasteiger partial charge in [0.1, 0.15) is 0 Å². The van der Waals surface area contributed by atoms with Gasteiger partial charge in [0.2, 0.25) is 0 Å². The maximum Gasteiger partial charge on any atom is 0.332 e. The van der Waals surface area contributed by atoms with Crippen molar-refractivity contribution < 1.29 is 29.3 Å². The van der Waals surface area contributed by atoms with Gasteiger partial charge in [-0.1, -0.05) is 19.3 Å². The number of carboxylic acids is 2. The number of carboxylic acid groups (broad SMARTS) is 2. The highest BCUT2D eigenvalue weighted by Gasteiger charge is 2.30. The molecular weight excluding hydrogens is 264 g/mol. The van der Waals surface area contributed by atoms with Gasteiger partial charge in [0, 0.05) is 0 Å². The zero-order valence-corrected chi connectivity index (χ0v) is 11.6. The van der Waals surface area contributed by atoms with Gasteiger partial charge in [-0.05, 0) is 25.7 Å². The number of aliphatic carboxylic acids is 2. The highest BCUT2D eigenvalue weighted by atomic mass is 16.5. The van der Waals surface area contributed by atoms with E-state index >= 15 is 0 Å². The van der Waals surface area contributed by atoms with Crippen LogP contribution in [0, 0.1) is 5.92 Å². The molecule has 0 aromatic heterocycles. The Kier molecular flexibility index (Phi) is 6.21. The topological polar surface area (TPSA) is 101 Å². The number of rotatable bonds is 6. The molecule has 1 rings (SSSR count). The number of hydrogen-bond donors (Lipinski definition) is 2. The van der Waals surface area contributed by atoms with E-state index in [4.69, 9.17) is 4.74 Å². The van der Waals surface area contributed by atoms with Crippen molar-refractivity contribution in [2.24, 2.45) is 5.92 Å². The standard InChI is InChI=1S/C14H20O6/c1-2-20-11(15)8-10(13(16)17)12(14(18)19)9-6-4-3-5-7-9/h9H,2-8H2,1H3,(H,16,17)(H,18,19)/b12-10+. The summed E-state index contributed by atoms with van der Waals surface area (Å²) in [6.07, 6.45) is 3.61. The number of esters is 1. The van der Waals surface area contributed by atoms with Crippen LogP contribution in [0.15, 0.2) is 11.1 Å². The molecule has 1 saturated carbocycles. The molecule has 6 heteroatoms. The molecule has 0 unspecified atom stereocenters. The zero-order chi connectivity index (χ0) is 15.1. The summed E-state index contributed by atoms with van der Waals surface area (Å²) in [6, 6.07) is 0. The van der Waals surface area contributed by atoms with E-state index in [1.54, 1.807) is 6.92 Å². The molecule has 0 saturated heterocycles. The summed E-state index contributed by atoms with van der Waals surface area (Å²) in [6.45, 7) is 1.75. The summed E-state index contributed by atoms with van der Waals surface area (Å²) in [5.41, 5.74) is -0.479. The summed E-state index contributed by atoms with van der Waals surface area (Å²) in [5, 5.41) is 18.5. The van der Waals surface area contributed by atoms with Crippen LogP contribution in [0.4, 0.5) is 0 Å². The summed E-state index contributed by atoms with van der Waals surface area (Å²) in [5.74, 6) is -3.61. The first-order valence-electron chi connectivity index (χ1n) is 6.82. The highest BCUT2D eigenvalue weighted by molar-refractivity contribution is 6.02. The van der Waals surface area contributed by atoms with Gasteiger partial charge in [-0.25, -0.2) is 9.59 Å². The second kappa shape index (κ2) is 7.67. The van der Waals surface area contributed by atoms with Crippen LogP contribution in [0.5, 0.6) is 0 Å². The minimum atomic E-state index is -1.36. The van der Waals surface area contributed by atoms with E-state index in [2.05, 4.69) is 0 Å². The molecular formula is C14H20O6. The Balaban J connectivity index is 3.07. The monoisotopic (exact) mass is 284 g/mol. The molecule has 0 heterocycles. The van der Waals surface area contributed by atoms with Crippen LogP contribution >= 0.6 is 0 Å². The van der Waals surface area contributed by atoms with Crippen LogP contribution in [0.25, 0.3) is 0 Å². The number of hydrogen-bond acceptors (Lipinski definition) is 4. The van der Waals surface area contributed by atoms with Gasteiger partial charge < -0.3 is 14.9 Å². The van der Waals surface area contributed by atoms with Gasteiger partial charge >= 0.3 is 17.9 Å². The Morgan fingerprint density at radius 1 is 1.05 bits per heavy atom. The number of ether oxygens (including phenoxy) is 1. The quantitative estimate of drug-likeness (QED) is 0.571. The fourth-order valence-electron chi connectivity index (χ4n) is 2.58. The van der Waals surface area contributed by atoms with Gasteiger partial charge in [0.25, 0.3) is 0 Å². The van der Waals surface area contributed by atoms with Crippen LogP contribution in [0.2, 0.25) is 0 Å². The summed E-state index contributed by atoms with van der Waals surface area (Å²) >= 11 is 0. The molecule has 0 spiro atoms. The molecule has 0 radical (unpaired) electrons. The fourth-order valence-corrected chi connectivity index (χ4v) is 2.58. The second-order valence-electron chi connectivity index (χ2n) is 4.82. The Morgan fingerprint density at radius 2 is 1.65 bits per heavy atom. The SMILES string of the molecule is CCOC(=O)C/C(C(=O)O)=C(\C(=O)O)C1CCCCC1. The lowest BCUT2D eigenvalue weighted by molar-refractivity contribution is -0.144. The molecule has 1 fully saturated rings. The molecule has 0 atom stereocenters. The summed E-state index contributed by atoms with van der Waals surface area (Å²) in [4.78, 5) is 34.2. The summed E-state index contributed by atoms with van der Waals surface area (Å²) in [7, 11) is 0. The molecule has 0 aromatic carbocycles. The Labute approximate surface area is 117 Å². The lowest BCUT2D eigenvalue weighted by atomic mass is 9.81. The average molecular weight is 284 g/mol. The van der Waals surface area contributed by atoms with Crippen LogP contribution in [-0.2, 0) is 19.1 Å². The van der Waals surface area contributed by atoms with E-state index in [1.165, 1.54) is 0 Å². The van der Waals surface area contributed by atoms with Crippen molar-refractivity contribution in [3.05, 3.63) is 11.1 Å². The smallest absolute Gasteiger partial charge is 0.332 e. The second-order valence-corrected chi connectivity index (χ2v) is 4.82. The van der Waals surface area contributed by atoms with Crippen molar-refractivity contribution in [2.45, 2.75) is 45.4 Å². The molecule has 0 bridgehead atoms. The van der Waals surface area contributed by atoms with E-state index in [9.17, 15) is 24.6 Å². The van der Waals surface area contributed by atoms with Gasteiger partial charge in [-0.2, -0.15) is 0 Å². The van der Waals surface area contributed by atoms with E-state index in [1.807, 2.05) is 0 Å². The van der Waals surface area contributed by atoms with Crippen LogP contribution in [0.3, 0.4) is 0 Å². The minimum Gasteiger partial charge on any atom is -0.478 e. The highest BCUT2D eigenvalue weighted by Crippen LogP contribution is 2.32. The van der Waals surface area contributed by atoms with Crippen molar-refractivity contribution in [3.63, 3.8) is 0 Å². The predicted molar refractivity (Wildman–Crippen MR) is 70.1 cm³/mol. The fraction of sp³-hybridized carbons (Fsp3) is 0.643. The van der Waals surface area contributed by atoms with Crippen LogP contribution in [0.1, 0.15) is 45.4 Å².